The van der Waals surface area contributed by atoms with Crippen LogP contribution in [0.1, 0.15) is 49.6 Å². The first-order valence-corrected chi connectivity index (χ1v) is 6.89. The Labute approximate surface area is 109 Å². The fraction of sp³-hybridized carbons (Fsp3) is 0.500. The first kappa shape index (κ1) is 13.2. The molecule has 0 aliphatic rings. The van der Waals surface area contributed by atoms with Crippen molar-refractivity contribution in [2.45, 2.75) is 46.6 Å². The number of fused-ring (bicyclic) bond motifs is 1. The van der Waals surface area contributed by atoms with Gasteiger partial charge in [-0.2, -0.15) is 0 Å². The average Bonchev–Trinajstić information content (AvgIpc) is 2.72. The van der Waals surface area contributed by atoms with Crippen LogP contribution >= 0.6 is 0 Å². The summed E-state index contributed by atoms with van der Waals surface area (Å²) >= 11 is 0. The molecule has 0 saturated heterocycles. The molecule has 1 atom stereocenters. The highest BCUT2D eigenvalue weighted by molar-refractivity contribution is 5.82. The number of rotatable bonds is 5. The summed E-state index contributed by atoms with van der Waals surface area (Å²) < 4.78 is 6.06. The molecule has 1 unspecified atom stereocenters. The molecule has 0 radical (unpaired) electrons. The van der Waals surface area contributed by atoms with E-state index in [2.05, 4.69) is 51.2 Å². The van der Waals surface area contributed by atoms with E-state index in [9.17, 15) is 0 Å². The Morgan fingerprint density at radius 1 is 1.17 bits per heavy atom. The summed E-state index contributed by atoms with van der Waals surface area (Å²) in [7, 11) is 0. The number of hydrogen-bond acceptors (Lipinski definition) is 2. The van der Waals surface area contributed by atoms with Crippen molar-refractivity contribution in [3.63, 3.8) is 0 Å². The Bertz CT molecular complexity index is 521. The maximum absolute atomic E-state index is 6.06. The lowest BCUT2D eigenvalue weighted by Crippen LogP contribution is -2.20. The minimum atomic E-state index is 0.340. The van der Waals surface area contributed by atoms with Crippen molar-refractivity contribution >= 4 is 11.0 Å². The molecule has 2 nitrogen and oxygen atoms in total. The van der Waals surface area contributed by atoms with Crippen LogP contribution in [-0.2, 0) is 0 Å². The number of aryl methyl sites for hydroxylation is 2. The summed E-state index contributed by atoms with van der Waals surface area (Å²) in [5, 5.41) is 4.72. The maximum atomic E-state index is 6.06. The lowest BCUT2D eigenvalue weighted by molar-refractivity contribution is 0.414. The van der Waals surface area contributed by atoms with Gasteiger partial charge in [0.25, 0.3) is 0 Å². The molecule has 2 rings (SSSR count). The van der Waals surface area contributed by atoms with Gasteiger partial charge in [-0.25, -0.2) is 0 Å². The fourth-order valence-corrected chi connectivity index (χ4v) is 2.59. The summed E-state index contributed by atoms with van der Waals surface area (Å²) in [6.07, 6.45) is 2.28. The summed E-state index contributed by atoms with van der Waals surface area (Å²) in [6.45, 7) is 9.57. The molecule has 0 bridgehead atoms. The van der Waals surface area contributed by atoms with Gasteiger partial charge in [0, 0.05) is 5.39 Å². The minimum Gasteiger partial charge on any atom is -0.459 e. The highest BCUT2D eigenvalue weighted by Gasteiger charge is 2.15. The van der Waals surface area contributed by atoms with Gasteiger partial charge in [0.2, 0.25) is 0 Å². The molecule has 18 heavy (non-hydrogen) atoms. The third-order valence-electron chi connectivity index (χ3n) is 3.34. The van der Waals surface area contributed by atoms with E-state index in [1.165, 1.54) is 16.5 Å². The highest BCUT2D eigenvalue weighted by Crippen LogP contribution is 2.29. The van der Waals surface area contributed by atoms with Crippen LogP contribution in [0.15, 0.2) is 22.6 Å². The molecule has 0 amide bonds. The maximum Gasteiger partial charge on any atom is 0.137 e. The van der Waals surface area contributed by atoms with Crippen molar-refractivity contribution in [3.05, 3.63) is 35.1 Å². The molecule has 98 valence electrons. The van der Waals surface area contributed by atoms with Crippen LogP contribution in [0.3, 0.4) is 0 Å². The van der Waals surface area contributed by atoms with E-state index in [1.807, 2.05) is 0 Å². The SMILES string of the molecule is CCCC(NCC)c1cc2cc(C)cc(C)c2o1. The minimum absolute atomic E-state index is 0.340. The summed E-state index contributed by atoms with van der Waals surface area (Å²) in [5.74, 6) is 1.07. The van der Waals surface area contributed by atoms with Crippen LogP contribution in [-0.4, -0.2) is 6.54 Å². The van der Waals surface area contributed by atoms with E-state index in [-0.39, 0.29) is 0 Å². The smallest absolute Gasteiger partial charge is 0.137 e. The third-order valence-corrected chi connectivity index (χ3v) is 3.34. The van der Waals surface area contributed by atoms with Gasteiger partial charge in [-0.05, 0) is 44.5 Å². The van der Waals surface area contributed by atoms with Crippen LogP contribution < -0.4 is 5.32 Å². The molecule has 0 fully saturated rings. The second-order valence-electron chi connectivity index (χ2n) is 5.05. The number of nitrogens with one attached hydrogen (secondary N) is 1. The second-order valence-corrected chi connectivity index (χ2v) is 5.05. The standard InChI is InChI=1S/C16H23NO/c1-5-7-14(17-6-2)15-10-13-9-11(3)8-12(4)16(13)18-15/h8-10,14,17H,5-7H2,1-4H3. The molecule has 1 heterocycles. The van der Waals surface area contributed by atoms with Crippen LogP contribution in [0.25, 0.3) is 11.0 Å². The lowest BCUT2D eigenvalue weighted by Gasteiger charge is -2.13. The largest absolute Gasteiger partial charge is 0.459 e. The van der Waals surface area contributed by atoms with Gasteiger partial charge in [-0.3, -0.25) is 0 Å². The average molecular weight is 245 g/mol. The summed E-state index contributed by atoms with van der Waals surface area (Å²) in [5.41, 5.74) is 3.56. The molecule has 0 saturated carbocycles. The van der Waals surface area contributed by atoms with Crippen molar-refractivity contribution < 1.29 is 4.42 Å². The summed E-state index contributed by atoms with van der Waals surface area (Å²) in [6, 6.07) is 6.91. The molecular formula is C16H23NO. The molecule has 1 aromatic carbocycles. The Morgan fingerprint density at radius 3 is 2.61 bits per heavy atom. The Morgan fingerprint density at radius 2 is 1.94 bits per heavy atom. The Hall–Kier alpha value is -1.28. The molecule has 1 aromatic heterocycles. The van der Waals surface area contributed by atoms with Crippen molar-refractivity contribution in [2.24, 2.45) is 0 Å². The van der Waals surface area contributed by atoms with E-state index in [4.69, 9.17) is 4.42 Å². The Balaban J connectivity index is 2.41. The number of furan rings is 1. The van der Waals surface area contributed by atoms with E-state index >= 15 is 0 Å². The third kappa shape index (κ3) is 2.59. The number of hydrogen-bond donors (Lipinski definition) is 1. The van der Waals surface area contributed by atoms with Crippen molar-refractivity contribution in [3.8, 4) is 0 Å². The van der Waals surface area contributed by atoms with Gasteiger partial charge in [-0.15, -0.1) is 0 Å². The van der Waals surface area contributed by atoms with Gasteiger partial charge < -0.3 is 9.73 Å². The molecular weight excluding hydrogens is 222 g/mol. The first-order chi connectivity index (χ1) is 8.65. The summed E-state index contributed by atoms with van der Waals surface area (Å²) in [4.78, 5) is 0. The molecule has 0 spiro atoms. The zero-order valence-corrected chi connectivity index (χ0v) is 11.8. The predicted molar refractivity (Wildman–Crippen MR) is 77.0 cm³/mol. The monoisotopic (exact) mass is 245 g/mol. The molecule has 2 aromatic rings. The van der Waals surface area contributed by atoms with E-state index in [0.717, 1.165) is 30.7 Å². The van der Waals surface area contributed by atoms with E-state index < -0.39 is 0 Å². The quantitative estimate of drug-likeness (QED) is 0.839. The van der Waals surface area contributed by atoms with Crippen LogP contribution in [0.2, 0.25) is 0 Å². The van der Waals surface area contributed by atoms with Crippen LogP contribution in [0.5, 0.6) is 0 Å². The van der Waals surface area contributed by atoms with Gasteiger partial charge in [0.05, 0.1) is 6.04 Å². The fourth-order valence-electron chi connectivity index (χ4n) is 2.59. The van der Waals surface area contributed by atoms with E-state index in [1.54, 1.807) is 0 Å². The molecule has 2 heteroatoms. The van der Waals surface area contributed by atoms with Crippen LogP contribution in [0, 0.1) is 13.8 Å². The van der Waals surface area contributed by atoms with Crippen molar-refractivity contribution in [1.29, 1.82) is 0 Å². The topological polar surface area (TPSA) is 25.2 Å². The zero-order chi connectivity index (χ0) is 13.1. The Kier molecular flexibility index (Phi) is 4.07. The van der Waals surface area contributed by atoms with Gasteiger partial charge >= 0.3 is 0 Å². The van der Waals surface area contributed by atoms with Gasteiger partial charge in [0.1, 0.15) is 11.3 Å². The van der Waals surface area contributed by atoms with Crippen molar-refractivity contribution in [1.82, 2.24) is 5.32 Å². The first-order valence-electron chi connectivity index (χ1n) is 6.89. The highest BCUT2D eigenvalue weighted by atomic mass is 16.3. The normalized spacial score (nSPS) is 13.1. The lowest BCUT2D eigenvalue weighted by atomic mass is 10.1. The van der Waals surface area contributed by atoms with E-state index in [0.29, 0.717) is 6.04 Å². The predicted octanol–water partition coefficient (Wildman–Crippen LogP) is 4.50. The van der Waals surface area contributed by atoms with Gasteiger partial charge in [0.15, 0.2) is 0 Å². The number of benzene rings is 1. The zero-order valence-electron chi connectivity index (χ0n) is 11.8. The van der Waals surface area contributed by atoms with Crippen molar-refractivity contribution in [2.75, 3.05) is 6.54 Å². The van der Waals surface area contributed by atoms with Gasteiger partial charge in [-0.1, -0.05) is 31.9 Å². The molecule has 0 aliphatic heterocycles. The molecule has 1 N–H and O–H groups in total. The second kappa shape index (κ2) is 5.57. The van der Waals surface area contributed by atoms with Crippen LogP contribution in [0.4, 0.5) is 0 Å². The molecule has 0 aliphatic carbocycles.